The molecule has 0 aromatic heterocycles. The zero-order chi connectivity index (χ0) is 20.3. The molecule has 4 rings (SSSR count). The zero-order valence-corrected chi connectivity index (χ0v) is 17.4. The van der Waals surface area contributed by atoms with E-state index in [-0.39, 0.29) is 40.5 Å². The minimum atomic E-state index is -0.110. The summed E-state index contributed by atoms with van der Waals surface area (Å²) in [4.78, 5) is 35.8. The average Bonchev–Trinajstić information content (AvgIpc) is 2.92. The molecule has 2 saturated carbocycles. The van der Waals surface area contributed by atoms with Crippen LogP contribution in [0.5, 0.6) is 0 Å². The predicted molar refractivity (Wildman–Crippen MR) is 107 cm³/mol. The second kappa shape index (κ2) is 6.57. The van der Waals surface area contributed by atoms with Crippen LogP contribution in [0.1, 0.15) is 59.8 Å². The molecule has 0 radical (unpaired) electrons. The van der Waals surface area contributed by atoms with Gasteiger partial charge in [0.05, 0.1) is 6.04 Å². The number of carbonyl (C=O) groups excluding carboxylic acids is 3. The quantitative estimate of drug-likeness (QED) is 0.719. The molecular weight excluding hydrogens is 352 g/mol. The van der Waals surface area contributed by atoms with Crippen molar-refractivity contribution in [3.8, 4) is 0 Å². The van der Waals surface area contributed by atoms with Crippen molar-refractivity contribution in [3.05, 3.63) is 23.8 Å². The highest BCUT2D eigenvalue weighted by atomic mass is 16.2. The Bertz CT molecular complexity index is 785. The summed E-state index contributed by atoms with van der Waals surface area (Å²) >= 11 is 0. The van der Waals surface area contributed by atoms with Crippen molar-refractivity contribution in [1.82, 2.24) is 10.6 Å². The highest BCUT2D eigenvalue weighted by molar-refractivity contribution is 5.93. The lowest BCUT2D eigenvalue weighted by Crippen LogP contribution is -2.59. The van der Waals surface area contributed by atoms with Gasteiger partial charge >= 0.3 is 0 Å². The maximum atomic E-state index is 12.1. The summed E-state index contributed by atoms with van der Waals surface area (Å²) in [7, 11) is 0. The van der Waals surface area contributed by atoms with E-state index in [1.54, 1.807) is 19.9 Å². The van der Waals surface area contributed by atoms with Crippen molar-refractivity contribution in [3.63, 3.8) is 0 Å². The Kier molecular flexibility index (Phi) is 4.55. The molecule has 28 heavy (non-hydrogen) atoms. The largest absolute Gasteiger partial charge is 0.353 e. The molecule has 4 aliphatic carbocycles. The van der Waals surface area contributed by atoms with Crippen LogP contribution >= 0.6 is 0 Å². The Labute approximate surface area is 167 Å². The van der Waals surface area contributed by atoms with Crippen molar-refractivity contribution in [1.29, 1.82) is 0 Å². The topological polar surface area (TPSA) is 75.3 Å². The second-order valence-corrected chi connectivity index (χ2v) is 9.84. The van der Waals surface area contributed by atoms with Crippen LogP contribution in [-0.4, -0.2) is 29.7 Å². The standard InChI is InChI=1S/C23H32N2O3/c1-13(26)24-19-12-15-11-16(28)7-9-22(15,3)18-8-10-23(4)17(21(18)19)5-6-20(23)25-14(2)27/h7,9,12,17-21H,5-6,8,10-11H2,1-4H3,(H,24,26)(H,25,27)/t17-,18+,19?,20?,21-,22-,23-/m0/s1. The molecule has 4 aliphatic rings. The summed E-state index contributed by atoms with van der Waals surface area (Å²) in [6.45, 7) is 7.77. The van der Waals surface area contributed by atoms with Crippen LogP contribution in [-0.2, 0) is 14.4 Å². The van der Waals surface area contributed by atoms with Crippen LogP contribution < -0.4 is 10.6 Å². The van der Waals surface area contributed by atoms with E-state index in [9.17, 15) is 14.4 Å². The molecule has 2 fully saturated rings. The molecule has 2 N–H and O–H groups in total. The van der Waals surface area contributed by atoms with Gasteiger partial charge in [-0.3, -0.25) is 14.4 Å². The summed E-state index contributed by atoms with van der Waals surface area (Å²) in [5, 5.41) is 6.40. The Morgan fingerprint density at radius 2 is 1.75 bits per heavy atom. The fourth-order valence-corrected chi connectivity index (χ4v) is 6.99. The first kappa shape index (κ1) is 19.4. The maximum Gasteiger partial charge on any atom is 0.217 e. The number of ketones is 1. The number of allylic oxidation sites excluding steroid dienone is 3. The van der Waals surface area contributed by atoms with Crippen molar-refractivity contribution in [2.45, 2.75) is 71.9 Å². The van der Waals surface area contributed by atoms with Gasteiger partial charge in [0.2, 0.25) is 11.8 Å². The van der Waals surface area contributed by atoms with Crippen molar-refractivity contribution in [2.24, 2.45) is 28.6 Å². The predicted octanol–water partition coefficient (Wildman–Crippen LogP) is 2.91. The molecule has 0 bridgehead atoms. The molecule has 5 heteroatoms. The Balaban J connectivity index is 1.75. The van der Waals surface area contributed by atoms with Gasteiger partial charge in [-0.25, -0.2) is 0 Å². The third-order valence-electron chi connectivity index (χ3n) is 8.32. The summed E-state index contributed by atoms with van der Waals surface area (Å²) in [5.41, 5.74) is 1.11. The van der Waals surface area contributed by atoms with E-state index < -0.39 is 0 Å². The van der Waals surface area contributed by atoms with E-state index in [2.05, 4.69) is 36.6 Å². The molecule has 7 atom stereocenters. The second-order valence-electron chi connectivity index (χ2n) is 9.84. The van der Waals surface area contributed by atoms with Crippen LogP contribution in [0.3, 0.4) is 0 Å². The third-order valence-corrected chi connectivity index (χ3v) is 8.32. The van der Waals surface area contributed by atoms with Gasteiger partial charge in [0, 0.05) is 31.7 Å². The normalized spacial score (nSPS) is 44.1. The Morgan fingerprint density at radius 1 is 1.04 bits per heavy atom. The summed E-state index contributed by atoms with van der Waals surface area (Å²) in [6, 6.07) is 0.168. The molecule has 0 aromatic rings. The molecule has 2 amide bonds. The van der Waals surface area contributed by atoms with Crippen LogP contribution in [0.4, 0.5) is 0 Å². The molecular formula is C23H32N2O3. The number of hydrogen-bond acceptors (Lipinski definition) is 3. The minimum absolute atomic E-state index is 0.0226. The molecule has 0 spiro atoms. The van der Waals surface area contributed by atoms with Gasteiger partial charge in [-0.1, -0.05) is 31.6 Å². The number of rotatable bonds is 2. The first-order valence-corrected chi connectivity index (χ1v) is 10.6. The van der Waals surface area contributed by atoms with Gasteiger partial charge in [0.1, 0.15) is 0 Å². The van der Waals surface area contributed by atoms with Gasteiger partial charge < -0.3 is 10.6 Å². The number of fused-ring (bicyclic) bond motifs is 5. The van der Waals surface area contributed by atoms with E-state index in [0.29, 0.717) is 24.2 Å². The first-order chi connectivity index (χ1) is 13.1. The summed E-state index contributed by atoms with van der Waals surface area (Å²) < 4.78 is 0. The molecule has 152 valence electrons. The van der Waals surface area contributed by atoms with E-state index in [1.165, 1.54) is 5.57 Å². The Morgan fingerprint density at radius 3 is 2.43 bits per heavy atom. The van der Waals surface area contributed by atoms with Crippen LogP contribution in [0, 0.1) is 28.6 Å². The smallest absolute Gasteiger partial charge is 0.217 e. The molecule has 5 nitrogen and oxygen atoms in total. The van der Waals surface area contributed by atoms with Crippen LogP contribution in [0.2, 0.25) is 0 Å². The highest BCUT2D eigenvalue weighted by Crippen LogP contribution is 2.63. The van der Waals surface area contributed by atoms with Gasteiger partial charge in [0.25, 0.3) is 0 Å². The number of carbonyl (C=O) groups is 3. The highest BCUT2D eigenvalue weighted by Gasteiger charge is 2.60. The number of hydrogen-bond donors (Lipinski definition) is 2. The van der Waals surface area contributed by atoms with Gasteiger partial charge in [-0.2, -0.15) is 0 Å². The molecule has 0 saturated heterocycles. The zero-order valence-electron chi connectivity index (χ0n) is 17.4. The summed E-state index contributed by atoms with van der Waals surface area (Å²) in [5.74, 6) is 1.34. The molecule has 0 heterocycles. The van der Waals surface area contributed by atoms with Gasteiger partial charge in [0.15, 0.2) is 5.78 Å². The first-order valence-electron chi connectivity index (χ1n) is 10.6. The SMILES string of the molecule is CC(=O)NC1C=C2CC(=O)C=C[C@]2(C)[C@@H]2CC[C@]3(C)C(NC(C)=O)CC[C@H]3[C@H]12. The molecule has 0 aliphatic heterocycles. The number of amides is 2. The fraction of sp³-hybridized carbons (Fsp3) is 0.696. The molecule has 2 unspecified atom stereocenters. The van der Waals surface area contributed by atoms with E-state index >= 15 is 0 Å². The number of nitrogens with one attached hydrogen (secondary N) is 2. The molecule has 0 aromatic carbocycles. The van der Waals surface area contributed by atoms with Crippen LogP contribution in [0.15, 0.2) is 23.8 Å². The summed E-state index contributed by atoms with van der Waals surface area (Å²) in [6.07, 6.45) is 10.7. The van der Waals surface area contributed by atoms with Gasteiger partial charge in [-0.15, -0.1) is 0 Å². The van der Waals surface area contributed by atoms with Crippen molar-refractivity contribution < 1.29 is 14.4 Å². The maximum absolute atomic E-state index is 12.1. The monoisotopic (exact) mass is 384 g/mol. The minimum Gasteiger partial charge on any atom is -0.353 e. The lowest BCUT2D eigenvalue weighted by molar-refractivity contribution is -0.121. The van der Waals surface area contributed by atoms with Crippen molar-refractivity contribution >= 4 is 17.6 Å². The van der Waals surface area contributed by atoms with Gasteiger partial charge in [-0.05, 0) is 54.9 Å². The van der Waals surface area contributed by atoms with Crippen molar-refractivity contribution in [2.75, 3.05) is 0 Å². The third kappa shape index (κ3) is 2.85. The lowest BCUT2D eigenvalue weighted by Gasteiger charge is -2.58. The van der Waals surface area contributed by atoms with Crippen LogP contribution in [0.25, 0.3) is 0 Å². The van der Waals surface area contributed by atoms with E-state index in [0.717, 1.165) is 25.7 Å². The fourth-order valence-electron chi connectivity index (χ4n) is 6.99. The van der Waals surface area contributed by atoms with E-state index in [4.69, 9.17) is 0 Å². The Hall–Kier alpha value is -1.91. The lowest BCUT2D eigenvalue weighted by atomic mass is 9.48. The average molecular weight is 385 g/mol. The van der Waals surface area contributed by atoms with E-state index in [1.807, 2.05) is 0 Å².